The van der Waals surface area contributed by atoms with Crippen molar-refractivity contribution >= 4 is 27.6 Å². The van der Waals surface area contributed by atoms with Gasteiger partial charge in [-0.15, -0.1) is 0 Å². The molecule has 19 heavy (non-hydrogen) atoms. The lowest BCUT2D eigenvalue weighted by Gasteiger charge is -2.22. The third-order valence-electron chi connectivity index (χ3n) is 3.36. The van der Waals surface area contributed by atoms with Crippen LogP contribution in [0.4, 0.5) is 0 Å². The van der Waals surface area contributed by atoms with E-state index in [-0.39, 0.29) is 12.2 Å². The number of sulfone groups is 1. The van der Waals surface area contributed by atoms with Gasteiger partial charge in [-0.1, -0.05) is 13.8 Å². The predicted octanol–water partition coefficient (Wildman–Crippen LogP) is -0.485. The number of rotatable bonds is 5. The highest BCUT2D eigenvalue weighted by Crippen LogP contribution is 2.28. The minimum absolute atomic E-state index is 0.287. The average molecular weight is 291 g/mol. The Morgan fingerprint density at radius 1 is 1.26 bits per heavy atom. The summed E-state index contributed by atoms with van der Waals surface area (Å²) in [6, 6.07) is -1.41. The van der Waals surface area contributed by atoms with Gasteiger partial charge in [0.05, 0.1) is 5.75 Å². The standard InChI is InChI=1S/C11H17NO6S/c1-6-7(2)10(14)12(9(6)13)8(11(15)16)4-5-19(3,17)18/h6-8H,4-5H2,1-3H3,(H,15,16). The Hall–Kier alpha value is -1.44. The molecule has 1 rings (SSSR count). The summed E-state index contributed by atoms with van der Waals surface area (Å²) in [5.41, 5.74) is 0. The second kappa shape index (κ2) is 5.28. The number of carbonyl (C=O) groups is 3. The normalized spacial score (nSPS) is 25.7. The molecule has 108 valence electrons. The van der Waals surface area contributed by atoms with E-state index in [4.69, 9.17) is 5.11 Å². The Labute approximate surface area is 111 Å². The molecular formula is C11H17NO6S. The molecule has 0 bridgehead atoms. The van der Waals surface area contributed by atoms with Gasteiger partial charge in [0.25, 0.3) is 0 Å². The maximum atomic E-state index is 11.9. The van der Waals surface area contributed by atoms with E-state index in [0.29, 0.717) is 4.90 Å². The number of hydrogen-bond donors (Lipinski definition) is 1. The fourth-order valence-electron chi connectivity index (χ4n) is 1.97. The van der Waals surface area contributed by atoms with Crippen molar-refractivity contribution < 1.29 is 27.9 Å². The maximum absolute atomic E-state index is 11.9. The summed E-state index contributed by atoms with van der Waals surface area (Å²) in [4.78, 5) is 35.6. The van der Waals surface area contributed by atoms with Crippen molar-refractivity contribution in [3.8, 4) is 0 Å². The molecule has 1 aliphatic rings. The lowest BCUT2D eigenvalue weighted by Crippen LogP contribution is -2.46. The Bertz CT molecular complexity index is 491. The highest BCUT2D eigenvalue weighted by atomic mass is 32.2. The number of carboxylic acid groups (broad SMARTS) is 1. The first-order valence-electron chi connectivity index (χ1n) is 5.83. The predicted molar refractivity (Wildman–Crippen MR) is 65.9 cm³/mol. The lowest BCUT2D eigenvalue weighted by atomic mass is 10.00. The zero-order chi connectivity index (χ0) is 15.0. The Morgan fingerprint density at radius 2 is 1.68 bits per heavy atom. The van der Waals surface area contributed by atoms with E-state index in [2.05, 4.69) is 0 Å². The Balaban J connectivity index is 2.97. The van der Waals surface area contributed by atoms with Crippen LogP contribution >= 0.6 is 0 Å². The molecule has 3 atom stereocenters. The number of likely N-dealkylation sites (tertiary alicyclic amines) is 1. The first kappa shape index (κ1) is 15.6. The maximum Gasteiger partial charge on any atom is 0.326 e. The van der Waals surface area contributed by atoms with E-state index >= 15 is 0 Å². The highest BCUT2D eigenvalue weighted by molar-refractivity contribution is 7.90. The molecule has 0 aliphatic carbocycles. The third-order valence-corrected chi connectivity index (χ3v) is 4.34. The quantitative estimate of drug-likeness (QED) is 0.685. The SMILES string of the molecule is CC1C(=O)N(C(CCS(C)(=O)=O)C(=O)O)C(=O)C1C. The molecule has 0 saturated carbocycles. The van der Waals surface area contributed by atoms with Gasteiger partial charge >= 0.3 is 5.97 Å². The molecule has 0 aromatic carbocycles. The summed E-state index contributed by atoms with van der Waals surface area (Å²) in [5.74, 6) is -4.02. The summed E-state index contributed by atoms with van der Waals surface area (Å²) in [6.07, 6.45) is 0.690. The molecule has 1 N–H and O–H groups in total. The van der Waals surface area contributed by atoms with Crippen molar-refractivity contribution in [2.75, 3.05) is 12.0 Å². The van der Waals surface area contributed by atoms with Gasteiger partial charge in [-0.3, -0.25) is 14.5 Å². The van der Waals surface area contributed by atoms with Crippen LogP contribution in [0.15, 0.2) is 0 Å². The van der Waals surface area contributed by atoms with E-state index in [0.717, 1.165) is 6.26 Å². The molecule has 0 radical (unpaired) electrons. The van der Waals surface area contributed by atoms with E-state index in [1.165, 1.54) is 0 Å². The largest absolute Gasteiger partial charge is 0.480 e. The molecule has 1 aliphatic heterocycles. The van der Waals surface area contributed by atoms with Crippen molar-refractivity contribution in [2.24, 2.45) is 11.8 Å². The van der Waals surface area contributed by atoms with Crippen LogP contribution in [-0.4, -0.2) is 54.3 Å². The molecule has 7 nitrogen and oxygen atoms in total. The fourth-order valence-corrected chi connectivity index (χ4v) is 2.62. The first-order valence-corrected chi connectivity index (χ1v) is 7.89. The van der Waals surface area contributed by atoms with Gasteiger partial charge in [0.15, 0.2) is 0 Å². The molecule has 3 unspecified atom stereocenters. The number of hydrogen-bond acceptors (Lipinski definition) is 5. The van der Waals surface area contributed by atoms with Crippen molar-refractivity contribution in [1.82, 2.24) is 4.90 Å². The van der Waals surface area contributed by atoms with Crippen LogP contribution in [0.3, 0.4) is 0 Å². The van der Waals surface area contributed by atoms with Crippen molar-refractivity contribution in [3.05, 3.63) is 0 Å². The number of aliphatic carboxylic acids is 1. The number of carbonyl (C=O) groups excluding carboxylic acids is 2. The highest BCUT2D eigenvalue weighted by Gasteiger charge is 2.47. The van der Waals surface area contributed by atoms with E-state index in [9.17, 15) is 22.8 Å². The summed E-state index contributed by atoms with van der Waals surface area (Å²) in [6.45, 7) is 3.11. The number of amides is 2. The second-order valence-corrected chi connectivity index (χ2v) is 7.16. The zero-order valence-corrected chi connectivity index (χ0v) is 11.8. The summed E-state index contributed by atoms with van der Waals surface area (Å²) < 4.78 is 22.2. The molecule has 0 aromatic rings. The number of imide groups is 1. The fraction of sp³-hybridized carbons (Fsp3) is 0.727. The molecule has 1 fully saturated rings. The number of carboxylic acids is 1. The zero-order valence-electron chi connectivity index (χ0n) is 11.0. The minimum atomic E-state index is -3.36. The van der Waals surface area contributed by atoms with Crippen LogP contribution in [0, 0.1) is 11.8 Å². The topological polar surface area (TPSA) is 109 Å². The summed E-state index contributed by atoms with van der Waals surface area (Å²) >= 11 is 0. The molecule has 8 heteroatoms. The molecule has 1 saturated heterocycles. The minimum Gasteiger partial charge on any atom is -0.480 e. The van der Waals surface area contributed by atoms with Crippen molar-refractivity contribution in [2.45, 2.75) is 26.3 Å². The molecule has 2 amide bonds. The summed E-state index contributed by atoms with van der Waals surface area (Å²) in [5, 5.41) is 9.10. The van der Waals surface area contributed by atoms with Gasteiger partial charge in [-0.25, -0.2) is 13.2 Å². The van der Waals surface area contributed by atoms with E-state index in [1.54, 1.807) is 13.8 Å². The van der Waals surface area contributed by atoms with Gasteiger partial charge in [-0.2, -0.15) is 0 Å². The van der Waals surface area contributed by atoms with Crippen LogP contribution in [0.1, 0.15) is 20.3 Å². The van der Waals surface area contributed by atoms with Gasteiger partial charge in [0.1, 0.15) is 15.9 Å². The van der Waals surface area contributed by atoms with Gasteiger partial charge < -0.3 is 5.11 Å². The average Bonchev–Trinajstić information content (AvgIpc) is 2.44. The van der Waals surface area contributed by atoms with Gasteiger partial charge in [0.2, 0.25) is 11.8 Å². The van der Waals surface area contributed by atoms with Gasteiger partial charge in [-0.05, 0) is 6.42 Å². The van der Waals surface area contributed by atoms with Crippen LogP contribution in [0.5, 0.6) is 0 Å². The van der Waals surface area contributed by atoms with Crippen LogP contribution in [0.2, 0.25) is 0 Å². The summed E-state index contributed by atoms with van der Waals surface area (Å²) in [7, 11) is -3.36. The smallest absolute Gasteiger partial charge is 0.326 e. The molecule has 0 spiro atoms. The molecule has 1 heterocycles. The molecular weight excluding hydrogens is 274 g/mol. The van der Waals surface area contributed by atoms with Gasteiger partial charge in [0, 0.05) is 18.1 Å². The Morgan fingerprint density at radius 3 is 2.00 bits per heavy atom. The van der Waals surface area contributed by atoms with Crippen LogP contribution in [0.25, 0.3) is 0 Å². The van der Waals surface area contributed by atoms with Crippen molar-refractivity contribution in [1.29, 1.82) is 0 Å². The first-order chi connectivity index (χ1) is 8.56. The van der Waals surface area contributed by atoms with Crippen LogP contribution in [-0.2, 0) is 24.2 Å². The van der Waals surface area contributed by atoms with E-state index < -0.39 is 45.5 Å². The molecule has 0 aromatic heterocycles. The van der Waals surface area contributed by atoms with Crippen LogP contribution < -0.4 is 0 Å². The van der Waals surface area contributed by atoms with E-state index in [1.807, 2.05) is 0 Å². The lowest BCUT2D eigenvalue weighted by molar-refractivity contribution is -0.155. The number of nitrogens with zero attached hydrogens (tertiary/aromatic N) is 1. The van der Waals surface area contributed by atoms with Crippen molar-refractivity contribution in [3.63, 3.8) is 0 Å². The third kappa shape index (κ3) is 3.31. The monoisotopic (exact) mass is 291 g/mol. The second-order valence-electron chi connectivity index (χ2n) is 4.90. The Kier molecular flexibility index (Phi) is 4.34.